The number of hydrogen-bond donors (Lipinski definition) is 2. The zero-order chi connectivity index (χ0) is 60.0. The predicted molar refractivity (Wildman–Crippen MR) is 389 cm³/mol. The van der Waals surface area contributed by atoms with Crippen molar-refractivity contribution < 1.29 is 10.0 Å². The Morgan fingerprint density at radius 3 is 0.854 bits per heavy atom. The van der Waals surface area contributed by atoms with Crippen LogP contribution in [0.4, 0.5) is 0 Å². The Kier molecular flexibility index (Phi) is 15.0. The first-order chi connectivity index (χ1) is 43.8. The summed E-state index contributed by atoms with van der Waals surface area (Å²) >= 11 is 7.42. The second-order valence-electron chi connectivity index (χ2n) is 22.8. The van der Waals surface area contributed by atoms with Crippen LogP contribution in [0.25, 0.3) is 153 Å². The summed E-state index contributed by atoms with van der Waals surface area (Å²) in [4.78, 5) is 0. The van der Waals surface area contributed by atoms with E-state index in [1.165, 1.54) is 141 Å². The second kappa shape index (κ2) is 24.0. The van der Waals surface area contributed by atoms with E-state index in [9.17, 15) is 10.0 Å². The molecule has 0 aliphatic carbocycles. The zero-order valence-corrected chi connectivity index (χ0v) is 51.5. The van der Waals surface area contributed by atoms with Crippen LogP contribution in [-0.4, -0.2) is 17.2 Å². The van der Waals surface area contributed by atoms with Gasteiger partial charge in [0.25, 0.3) is 0 Å². The van der Waals surface area contributed by atoms with Crippen LogP contribution in [0.3, 0.4) is 0 Å². The van der Waals surface area contributed by atoms with Crippen LogP contribution in [0.2, 0.25) is 0 Å². The van der Waals surface area contributed by atoms with Crippen LogP contribution in [0, 0.1) is 0 Å². The third-order valence-corrected chi connectivity index (χ3v) is 18.8. The number of hydrogen-bond acceptors (Lipinski definition) is 2. The van der Waals surface area contributed by atoms with Crippen molar-refractivity contribution in [1.29, 1.82) is 0 Å². The van der Waals surface area contributed by atoms with Crippen LogP contribution >= 0.6 is 31.9 Å². The molecule has 17 aromatic carbocycles. The van der Waals surface area contributed by atoms with Crippen molar-refractivity contribution in [2.45, 2.75) is 0 Å². The molecule has 0 atom stereocenters. The van der Waals surface area contributed by atoms with Gasteiger partial charge in [0.1, 0.15) is 0 Å². The van der Waals surface area contributed by atoms with E-state index >= 15 is 0 Å². The minimum Gasteiger partial charge on any atom is -0.423 e. The van der Waals surface area contributed by atoms with Gasteiger partial charge in [0, 0.05) is 8.95 Å². The molecule has 5 heteroatoms. The van der Waals surface area contributed by atoms with E-state index in [-0.39, 0.29) is 0 Å². The highest BCUT2D eigenvalue weighted by Gasteiger charge is 2.17. The van der Waals surface area contributed by atoms with Crippen molar-refractivity contribution in [3.63, 3.8) is 0 Å². The molecule has 420 valence electrons. The highest BCUT2D eigenvalue weighted by atomic mass is 79.9. The standard InChI is InChI=1S/C50H32.C18H10Br2.C16H13BO2/c1-3-13-35-27-39(25-23-33(35)11-1)37-15-9-17-41(29-37)47-31-49-46-22-8-6-20-44(46)48(32-50(49)45-21-7-5-19-43(45)47)42-18-10-16-38(30-42)40-26-24-34-12-2-4-14-36(34)28-40;19-17-10-16-12-6-2-4-8-14(12)18(20)9-15(16)11-5-1-3-7-13(11)17;18-17(19)16-7-3-6-14(11-16)15-9-8-12-4-1-2-5-13(12)10-15/h1-32H;1-10H;1-11,18-19H. The lowest BCUT2D eigenvalue weighted by Crippen LogP contribution is -2.29. The van der Waals surface area contributed by atoms with Gasteiger partial charge in [0.15, 0.2) is 0 Å². The van der Waals surface area contributed by atoms with E-state index in [1.807, 2.05) is 30.3 Å². The summed E-state index contributed by atoms with van der Waals surface area (Å²) in [5.41, 5.74) is 12.4. The molecule has 0 aliphatic rings. The second-order valence-corrected chi connectivity index (χ2v) is 24.5. The molecule has 0 radical (unpaired) electrons. The maximum absolute atomic E-state index is 9.22. The molecule has 0 bridgehead atoms. The largest absolute Gasteiger partial charge is 0.488 e. The van der Waals surface area contributed by atoms with Gasteiger partial charge in [-0.1, -0.05) is 299 Å². The maximum atomic E-state index is 9.22. The van der Waals surface area contributed by atoms with Gasteiger partial charge in [-0.15, -0.1) is 0 Å². The van der Waals surface area contributed by atoms with Gasteiger partial charge in [0.2, 0.25) is 0 Å². The summed E-state index contributed by atoms with van der Waals surface area (Å²) in [5.74, 6) is 0. The molecule has 0 fully saturated rings. The number of rotatable bonds is 6. The first-order valence-electron chi connectivity index (χ1n) is 30.0. The molecule has 0 aliphatic heterocycles. The molecule has 0 spiro atoms. The first kappa shape index (κ1) is 55.6. The normalized spacial score (nSPS) is 11.4. The number of fused-ring (bicyclic) bond motifs is 13. The minimum atomic E-state index is -1.43. The van der Waals surface area contributed by atoms with E-state index in [0.29, 0.717) is 5.46 Å². The molecule has 2 nitrogen and oxygen atoms in total. The molecule has 0 saturated carbocycles. The fraction of sp³-hybridized carbons (Fsp3) is 0. The molecule has 17 aromatic rings. The Morgan fingerprint density at radius 1 is 0.191 bits per heavy atom. The Hall–Kier alpha value is -9.98. The molecule has 0 aromatic heterocycles. The van der Waals surface area contributed by atoms with Gasteiger partial charge >= 0.3 is 7.12 Å². The summed E-state index contributed by atoms with van der Waals surface area (Å²) in [5, 5.41) is 41.1. The molecule has 0 heterocycles. The highest BCUT2D eigenvalue weighted by Crippen LogP contribution is 2.44. The van der Waals surface area contributed by atoms with E-state index in [1.54, 1.807) is 12.1 Å². The van der Waals surface area contributed by atoms with Gasteiger partial charge in [-0.05, 0) is 213 Å². The third kappa shape index (κ3) is 10.8. The molecule has 89 heavy (non-hydrogen) atoms. The van der Waals surface area contributed by atoms with E-state index in [0.717, 1.165) is 20.1 Å². The molecule has 0 saturated heterocycles. The lowest BCUT2D eigenvalue weighted by Gasteiger charge is -2.17. The SMILES string of the molecule is Brc1cc2c3ccccc3c(Br)cc2c2ccccc12.OB(O)c1cccc(-c2ccc3ccccc3c2)c1.c1cc(-c2ccc3ccccc3c2)cc(-c2cc3c4ccccc4c(-c4cccc(-c5ccc6ccccc6c5)c4)cc3c3ccccc23)c1. The molecule has 0 unspecified atom stereocenters. The molecular formula is C84H55BBr2O2. The lowest BCUT2D eigenvalue weighted by atomic mass is 9.79. The van der Waals surface area contributed by atoms with Gasteiger partial charge in [-0.2, -0.15) is 0 Å². The first-order valence-corrected chi connectivity index (χ1v) is 31.5. The molecule has 2 N–H and O–H groups in total. The van der Waals surface area contributed by atoms with Crippen LogP contribution in [0.15, 0.2) is 330 Å². The summed E-state index contributed by atoms with van der Waals surface area (Å²) < 4.78 is 2.29. The fourth-order valence-corrected chi connectivity index (χ4v) is 14.2. The maximum Gasteiger partial charge on any atom is 0.488 e. The zero-order valence-electron chi connectivity index (χ0n) is 48.3. The quantitative estimate of drug-likeness (QED) is 0.129. The van der Waals surface area contributed by atoms with Crippen molar-refractivity contribution in [2.75, 3.05) is 0 Å². The van der Waals surface area contributed by atoms with Gasteiger partial charge in [0.05, 0.1) is 0 Å². The average molecular weight is 1270 g/mol. The highest BCUT2D eigenvalue weighted by molar-refractivity contribution is 9.11. The van der Waals surface area contributed by atoms with Crippen LogP contribution in [0.1, 0.15) is 0 Å². The Morgan fingerprint density at radius 2 is 0.472 bits per heavy atom. The Bertz CT molecular complexity index is 5320. The summed E-state index contributed by atoms with van der Waals surface area (Å²) in [6.45, 7) is 0. The lowest BCUT2D eigenvalue weighted by molar-refractivity contribution is 0.426. The van der Waals surface area contributed by atoms with Crippen molar-refractivity contribution in [2.24, 2.45) is 0 Å². The number of halogens is 2. The van der Waals surface area contributed by atoms with Crippen molar-refractivity contribution in [1.82, 2.24) is 0 Å². The van der Waals surface area contributed by atoms with Crippen LogP contribution < -0.4 is 5.46 Å². The van der Waals surface area contributed by atoms with Crippen LogP contribution in [-0.2, 0) is 0 Å². The van der Waals surface area contributed by atoms with E-state index in [2.05, 4.69) is 311 Å². The smallest absolute Gasteiger partial charge is 0.423 e. The Labute approximate surface area is 533 Å². The average Bonchev–Trinajstić information content (AvgIpc) is 0.895. The monoisotopic (exact) mass is 1260 g/mol. The summed E-state index contributed by atoms with van der Waals surface area (Å²) in [6, 6.07) is 115. The van der Waals surface area contributed by atoms with E-state index in [4.69, 9.17) is 0 Å². The molecule has 17 rings (SSSR count). The van der Waals surface area contributed by atoms with Crippen molar-refractivity contribution >= 4 is 141 Å². The fourth-order valence-electron chi connectivity index (χ4n) is 13.0. The molecular weight excluding hydrogens is 1210 g/mol. The predicted octanol–water partition coefficient (Wildman–Crippen LogP) is 23.0. The topological polar surface area (TPSA) is 40.5 Å². The van der Waals surface area contributed by atoms with Crippen molar-refractivity contribution in [3.8, 4) is 55.6 Å². The van der Waals surface area contributed by atoms with Crippen LogP contribution in [0.5, 0.6) is 0 Å². The third-order valence-electron chi connectivity index (χ3n) is 17.4. The van der Waals surface area contributed by atoms with Gasteiger partial charge in [-0.25, -0.2) is 0 Å². The summed E-state index contributed by atoms with van der Waals surface area (Å²) in [6.07, 6.45) is 0. The van der Waals surface area contributed by atoms with Gasteiger partial charge < -0.3 is 10.0 Å². The minimum absolute atomic E-state index is 0.505. The Balaban J connectivity index is 0.000000138. The van der Waals surface area contributed by atoms with E-state index < -0.39 is 7.12 Å². The van der Waals surface area contributed by atoms with Crippen molar-refractivity contribution in [3.05, 3.63) is 330 Å². The molecule has 0 amide bonds. The van der Waals surface area contributed by atoms with Gasteiger partial charge in [-0.3, -0.25) is 0 Å². The number of benzene rings is 17. The summed E-state index contributed by atoms with van der Waals surface area (Å²) in [7, 11) is -1.43.